The van der Waals surface area contributed by atoms with Gasteiger partial charge >= 0.3 is 0 Å². The van der Waals surface area contributed by atoms with Crippen molar-refractivity contribution in [3.8, 4) is 0 Å². The predicted molar refractivity (Wildman–Crippen MR) is 64.8 cm³/mol. The van der Waals surface area contributed by atoms with Crippen LogP contribution < -0.4 is 5.73 Å². The third kappa shape index (κ3) is 2.21. The summed E-state index contributed by atoms with van der Waals surface area (Å²) < 4.78 is 0. The Morgan fingerprint density at radius 3 is 2.47 bits per heavy atom. The topological polar surface area (TPSA) is 29.3 Å². The van der Waals surface area contributed by atoms with Gasteiger partial charge in [-0.25, -0.2) is 0 Å². The second-order valence-corrected chi connectivity index (χ2v) is 5.99. The number of piperidine rings is 1. The van der Waals surface area contributed by atoms with E-state index < -0.39 is 0 Å². The van der Waals surface area contributed by atoms with Crippen LogP contribution in [0.2, 0.25) is 0 Å². The van der Waals surface area contributed by atoms with E-state index in [1.165, 1.54) is 38.6 Å². The Morgan fingerprint density at radius 1 is 1.27 bits per heavy atom. The van der Waals surface area contributed by atoms with Crippen LogP contribution in [0, 0.1) is 5.41 Å². The van der Waals surface area contributed by atoms with Crippen molar-refractivity contribution in [3.05, 3.63) is 0 Å². The lowest BCUT2D eigenvalue weighted by atomic mass is 9.90. The van der Waals surface area contributed by atoms with Crippen LogP contribution in [0.5, 0.6) is 0 Å². The second-order valence-electron chi connectivity index (χ2n) is 5.99. The normalized spacial score (nSPS) is 34.8. The van der Waals surface area contributed by atoms with Gasteiger partial charge in [-0.2, -0.15) is 0 Å². The molecule has 2 aliphatic rings. The van der Waals surface area contributed by atoms with E-state index in [2.05, 4.69) is 25.7 Å². The van der Waals surface area contributed by atoms with Gasteiger partial charge in [0.2, 0.25) is 0 Å². The number of hydrogen-bond donors (Lipinski definition) is 1. The lowest BCUT2D eigenvalue weighted by molar-refractivity contribution is 0.0562. The molecule has 1 saturated heterocycles. The van der Waals surface area contributed by atoms with Gasteiger partial charge in [0.25, 0.3) is 0 Å². The van der Waals surface area contributed by atoms with Crippen LogP contribution in [-0.2, 0) is 0 Å². The summed E-state index contributed by atoms with van der Waals surface area (Å²) in [5.41, 5.74) is 6.72. The smallest absolute Gasteiger partial charge is 0.0247 e. The van der Waals surface area contributed by atoms with Crippen molar-refractivity contribution in [1.29, 1.82) is 0 Å². The summed E-state index contributed by atoms with van der Waals surface area (Å²) in [5, 5.41) is 0. The van der Waals surface area contributed by atoms with Gasteiger partial charge in [-0.3, -0.25) is 4.90 Å². The molecular weight excluding hydrogens is 184 g/mol. The minimum atomic E-state index is 0.329. The van der Waals surface area contributed by atoms with E-state index >= 15 is 0 Å². The summed E-state index contributed by atoms with van der Waals surface area (Å²) in [6.07, 6.45) is 6.86. The lowest BCUT2D eigenvalue weighted by Gasteiger charge is -2.44. The molecular formula is C13H26N2. The summed E-state index contributed by atoms with van der Waals surface area (Å²) in [6, 6.07) is 1.69. The van der Waals surface area contributed by atoms with E-state index in [4.69, 9.17) is 5.73 Å². The van der Waals surface area contributed by atoms with E-state index in [0.29, 0.717) is 17.5 Å². The van der Waals surface area contributed by atoms with E-state index in [1.54, 1.807) is 0 Å². The van der Waals surface area contributed by atoms with Crippen LogP contribution in [-0.4, -0.2) is 29.6 Å². The Balaban J connectivity index is 2.03. The highest BCUT2D eigenvalue weighted by Gasteiger charge is 2.46. The molecule has 1 saturated carbocycles. The van der Waals surface area contributed by atoms with Crippen LogP contribution in [0.3, 0.4) is 0 Å². The van der Waals surface area contributed by atoms with E-state index in [0.717, 1.165) is 6.04 Å². The van der Waals surface area contributed by atoms with Crippen LogP contribution in [0.15, 0.2) is 0 Å². The number of hydrogen-bond acceptors (Lipinski definition) is 2. The number of nitrogens with two attached hydrogens (primary N) is 1. The highest BCUT2D eigenvalue weighted by molar-refractivity contribution is 5.00. The standard InChI is InChI=1S/C13H26N2/c1-10(14)12-6-4-5-9-15(12)11(2)13(3)7-8-13/h10-12H,4-9,14H2,1-3H3. The fourth-order valence-corrected chi connectivity index (χ4v) is 3.04. The van der Waals surface area contributed by atoms with Crippen molar-refractivity contribution in [2.24, 2.45) is 11.1 Å². The molecule has 0 aromatic heterocycles. The molecule has 0 bridgehead atoms. The van der Waals surface area contributed by atoms with Crippen LogP contribution in [0.25, 0.3) is 0 Å². The maximum Gasteiger partial charge on any atom is 0.0247 e. The molecule has 1 heterocycles. The van der Waals surface area contributed by atoms with Gasteiger partial charge in [0.05, 0.1) is 0 Å². The van der Waals surface area contributed by atoms with Crippen molar-refractivity contribution in [1.82, 2.24) is 4.90 Å². The molecule has 1 aliphatic heterocycles. The molecule has 2 rings (SSSR count). The first-order chi connectivity index (χ1) is 7.04. The molecule has 2 fully saturated rings. The Hall–Kier alpha value is -0.0800. The van der Waals surface area contributed by atoms with Gasteiger partial charge in [-0.1, -0.05) is 13.3 Å². The molecule has 88 valence electrons. The minimum absolute atomic E-state index is 0.329. The molecule has 2 heteroatoms. The monoisotopic (exact) mass is 210 g/mol. The molecule has 0 spiro atoms. The highest BCUT2D eigenvalue weighted by Crippen LogP contribution is 2.50. The second kappa shape index (κ2) is 4.06. The molecule has 3 atom stereocenters. The van der Waals surface area contributed by atoms with Crippen molar-refractivity contribution in [2.75, 3.05) is 6.54 Å². The molecule has 2 nitrogen and oxygen atoms in total. The first-order valence-corrected chi connectivity index (χ1v) is 6.56. The third-order valence-corrected chi connectivity index (χ3v) is 4.74. The molecule has 0 aromatic rings. The van der Waals surface area contributed by atoms with Crippen molar-refractivity contribution in [2.45, 2.75) is 71.0 Å². The average molecular weight is 210 g/mol. The Kier molecular flexibility index (Phi) is 3.09. The van der Waals surface area contributed by atoms with Gasteiger partial charge in [-0.05, 0) is 51.5 Å². The van der Waals surface area contributed by atoms with E-state index in [-0.39, 0.29) is 0 Å². The zero-order valence-electron chi connectivity index (χ0n) is 10.5. The fraction of sp³-hybridized carbons (Fsp3) is 1.00. The van der Waals surface area contributed by atoms with Crippen molar-refractivity contribution < 1.29 is 0 Å². The van der Waals surface area contributed by atoms with Gasteiger partial charge < -0.3 is 5.73 Å². The Morgan fingerprint density at radius 2 is 1.93 bits per heavy atom. The van der Waals surface area contributed by atoms with Crippen LogP contribution in [0.1, 0.15) is 52.9 Å². The van der Waals surface area contributed by atoms with Gasteiger partial charge in [0.1, 0.15) is 0 Å². The first-order valence-electron chi connectivity index (χ1n) is 6.56. The molecule has 0 radical (unpaired) electrons. The number of rotatable bonds is 3. The zero-order valence-corrected chi connectivity index (χ0v) is 10.5. The zero-order chi connectivity index (χ0) is 11.1. The molecule has 2 N–H and O–H groups in total. The molecule has 3 unspecified atom stereocenters. The van der Waals surface area contributed by atoms with Crippen LogP contribution in [0.4, 0.5) is 0 Å². The van der Waals surface area contributed by atoms with Crippen molar-refractivity contribution in [3.63, 3.8) is 0 Å². The molecule has 15 heavy (non-hydrogen) atoms. The summed E-state index contributed by atoms with van der Waals surface area (Å²) in [7, 11) is 0. The maximum atomic E-state index is 6.12. The molecule has 0 aromatic carbocycles. The summed E-state index contributed by atoms with van der Waals surface area (Å²) in [5.74, 6) is 0. The number of nitrogens with zero attached hydrogens (tertiary/aromatic N) is 1. The first kappa shape index (κ1) is 11.4. The third-order valence-electron chi connectivity index (χ3n) is 4.74. The summed E-state index contributed by atoms with van der Waals surface area (Å²) in [6.45, 7) is 8.28. The van der Waals surface area contributed by atoms with Gasteiger partial charge in [0.15, 0.2) is 0 Å². The van der Waals surface area contributed by atoms with Crippen LogP contribution >= 0.6 is 0 Å². The number of likely N-dealkylation sites (tertiary alicyclic amines) is 1. The predicted octanol–water partition coefficient (Wildman–Crippen LogP) is 2.38. The largest absolute Gasteiger partial charge is 0.327 e. The quantitative estimate of drug-likeness (QED) is 0.775. The Bertz CT molecular complexity index is 219. The van der Waals surface area contributed by atoms with Crippen molar-refractivity contribution >= 4 is 0 Å². The van der Waals surface area contributed by atoms with Gasteiger partial charge in [0, 0.05) is 18.1 Å². The summed E-state index contributed by atoms with van der Waals surface area (Å²) in [4.78, 5) is 2.70. The highest BCUT2D eigenvalue weighted by atomic mass is 15.2. The fourth-order valence-electron chi connectivity index (χ4n) is 3.04. The Labute approximate surface area is 94.2 Å². The SMILES string of the molecule is CC(N)C1CCCCN1C(C)C1(C)CC1. The summed E-state index contributed by atoms with van der Waals surface area (Å²) >= 11 is 0. The van der Waals surface area contributed by atoms with E-state index in [1.807, 2.05) is 0 Å². The maximum absolute atomic E-state index is 6.12. The average Bonchev–Trinajstić information content (AvgIpc) is 2.96. The molecule has 0 amide bonds. The van der Waals surface area contributed by atoms with Gasteiger partial charge in [-0.15, -0.1) is 0 Å². The lowest BCUT2D eigenvalue weighted by Crippen LogP contribution is -2.54. The minimum Gasteiger partial charge on any atom is -0.327 e. The van der Waals surface area contributed by atoms with E-state index in [9.17, 15) is 0 Å². The molecule has 1 aliphatic carbocycles.